The molecule has 0 aliphatic carbocycles. The zero-order valence-electron chi connectivity index (χ0n) is 11.4. The van der Waals surface area contributed by atoms with Gasteiger partial charge in [0.25, 0.3) is 0 Å². The van der Waals surface area contributed by atoms with E-state index >= 15 is 0 Å². The fourth-order valence-corrected chi connectivity index (χ4v) is 1.97. The number of carbonyl (C=O) groups is 2. The highest BCUT2D eigenvalue weighted by Gasteiger charge is 2.05. The van der Waals surface area contributed by atoms with Crippen LogP contribution in [0.25, 0.3) is 0 Å². The molecule has 0 aromatic heterocycles. The summed E-state index contributed by atoms with van der Waals surface area (Å²) >= 11 is 0. The Hall–Kier alpha value is -2.82. The fourth-order valence-electron chi connectivity index (χ4n) is 1.97. The van der Waals surface area contributed by atoms with Crippen LogP contribution in [0.15, 0.2) is 48.5 Å². The van der Waals surface area contributed by atoms with Crippen molar-refractivity contribution in [2.45, 2.75) is 12.8 Å². The molecule has 0 heterocycles. The zero-order chi connectivity index (χ0) is 15.2. The van der Waals surface area contributed by atoms with Gasteiger partial charge in [0, 0.05) is 11.4 Å². The van der Waals surface area contributed by atoms with E-state index in [1.54, 1.807) is 42.5 Å². The molecule has 4 N–H and O–H groups in total. The van der Waals surface area contributed by atoms with Gasteiger partial charge in [-0.3, -0.25) is 9.59 Å². The summed E-state index contributed by atoms with van der Waals surface area (Å²) in [5, 5.41) is 11.5. The van der Waals surface area contributed by atoms with Gasteiger partial charge in [-0.1, -0.05) is 24.3 Å². The lowest BCUT2D eigenvalue weighted by atomic mass is 10.1. The maximum atomic E-state index is 11.9. The SMILES string of the molecule is Nc1cccc(CC(=O)Nc2ccc(CC(=O)O)cc2)c1. The first-order chi connectivity index (χ1) is 10.0. The summed E-state index contributed by atoms with van der Waals surface area (Å²) in [6.07, 6.45) is 0.208. The minimum atomic E-state index is -0.881. The van der Waals surface area contributed by atoms with Crippen LogP contribution >= 0.6 is 0 Å². The number of anilines is 2. The molecule has 5 heteroatoms. The van der Waals surface area contributed by atoms with E-state index in [-0.39, 0.29) is 18.7 Å². The molecule has 0 saturated carbocycles. The van der Waals surface area contributed by atoms with E-state index in [1.807, 2.05) is 6.07 Å². The van der Waals surface area contributed by atoms with Gasteiger partial charge in [-0.05, 0) is 35.4 Å². The summed E-state index contributed by atoms with van der Waals surface area (Å²) < 4.78 is 0. The van der Waals surface area contributed by atoms with Gasteiger partial charge in [0.1, 0.15) is 0 Å². The molecule has 0 fully saturated rings. The van der Waals surface area contributed by atoms with Gasteiger partial charge in [-0.25, -0.2) is 0 Å². The topological polar surface area (TPSA) is 92.4 Å². The van der Waals surface area contributed by atoms with Gasteiger partial charge in [0.05, 0.1) is 12.8 Å². The lowest BCUT2D eigenvalue weighted by molar-refractivity contribution is -0.136. The van der Waals surface area contributed by atoms with Crippen LogP contribution in [0.4, 0.5) is 11.4 Å². The van der Waals surface area contributed by atoms with Crippen molar-refractivity contribution in [3.05, 3.63) is 59.7 Å². The number of nitrogens with one attached hydrogen (secondary N) is 1. The summed E-state index contributed by atoms with van der Waals surface area (Å²) in [4.78, 5) is 22.5. The molecule has 5 nitrogen and oxygen atoms in total. The Morgan fingerprint density at radius 1 is 1.00 bits per heavy atom. The molecule has 2 aromatic rings. The molecule has 0 aliphatic heterocycles. The molecule has 0 saturated heterocycles. The Morgan fingerprint density at radius 2 is 1.71 bits per heavy atom. The summed E-state index contributed by atoms with van der Waals surface area (Å²) in [7, 11) is 0. The van der Waals surface area contributed by atoms with Gasteiger partial charge in [0.15, 0.2) is 0 Å². The number of hydrogen-bond donors (Lipinski definition) is 3. The monoisotopic (exact) mass is 284 g/mol. The third-order valence-corrected chi connectivity index (χ3v) is 2.91. The number of carbonyl (C=O) groups excluding carboxylic acids is 1. The van der Waals surface area contributed by atoms with Crippen molar-refractivity contribution in [2.75, 3.05) is 11.1 Å². The summed E-state index contributed by atoms with van der Waals surface area (Å²) in [6.45, 7) is 0. The van der Waals surface area contributed by atoms with Crippen LogP contribution in [0.2, 0.25) is 0 Å². The largest absolute Gasteiger partial charge is 0.481 e. The number of benzene rings is 2. The zero-order valence-corrected chi connectivity index (χ0v) is 11.4. The van der Waals surface area contributed by atoms with Crippen molar-refractivity contribution in [1.82, 2.24) is 0 Å². The quantitative estimate of drug-likeness (QED) is 0.733. The highest BCUT2D eigenvalue weighted by Crippen LogP contribution is 2.12. The van der Waals surface area contributed by atoms with Gasteiger partial charge < -0.3 is 16.2 Å². The molecular weight excluding hydrogens is 268 g/mol. The Morgan fingerprint density at radius 3 is 2.33 bits per heavy atom. The molecule has 108 valence electrons. The number of nitrogens with two attached hydrogens (primary N) is 1. The number of carboxylic acid groups (broad SMARTS) is 1. The predicted molar refractivity (Wildman–Crippen MR) is 81.0 cm³/mol. The van der Waals surface area contributed by atoms with Gasteiger partial charge in [0.2, 0.25) is 5.91 Å². The second-order valence-electron chi connectivity index (χ2n) is 4.74. The standard InChI is InChI=1S/C16H16N2O3/c17-13-3-1-2-12(8-13)9-15(19)18-14-6-4-11(5-7-14)10-16(20)21/h1-8H,9-10,17H2,(H,18,19)(H,20,21). The Bertz CT molecular complexity index is 651. The average Bonchev–Trinajstić information content (AvgIpc) is 2.40. The normalized spacial score (nSPS) is 10.1. The van der Waals surface area contributed by atoms with E-state index in [0.717, 1.165) is 5.56 Å². The van der Waals surface area contributed by atoms with Gasteiger partial charge >= 0.3 is 5.97 Å². The molecule has 2 aromatic carbocycles. The van der Waals surface area contributed by atoms with Crippen LogP contribution in [-0.2, 0) is 22.4 Å². The van der Waals surface area contributed by atoms with E-state index in [2.05, 4.69) is 5.32 Å². The average molecular weight is 284 g/mol. The number of amides is 1. The molecular formula is C16H16N2O3. The smallest absolute Gasteiger partial charge is 0.307 e. The minimum Gasteiger partial charge on any atom is -0.481 e. The third-order valence-electron chi connectivity index (χ3n) is 2.91. The Labute approximate surface area is 122 Å². The maximum Gasteiger partial charge on any atom is 0.307 e. The second kappa shape index (κ2) is 6.56. The van der Waals surface area contributed by atoms with Crippen molar-refractivity contribution in [3.8, 4) is 0 Å². The molecule has 0 atom stereocenters. The van der Waals surface area contributed by atoms with Crippen molar-refractivity contribution in [1.29, 1.82) is 0 Å². The first-order valence-corrected chi connectivity index (χ1v) is 6.48. The number of carboxylic acids is 1. The Kier molecular flexibility index (Phi) is 4.56. The maximum absolute atomic E-state index is 11.9. The highest BCUT2D eigenvalue weighted by molar-refractivity contribution is 5.92. The van der Waals surface area contributed by atoms with Gasteiger partial charge in [-0.15, -0.1) is 0 Å². The van der Waals surface area contributed by atoms with E-state index in [9.17, 15) is 9.59 Å². The molecule has 0 radical (unpaired) electrons. The predicted octanol–water partition coefficient (Wildman–Crippen LogP) is 2.08. The van der Waals surface area contributed by atoms with Crippen molar-refractivity contribution >= 4 is 23.3 Å². The number of rotatable bonds is 5. The third kappa shape index (κ3) is 4.65. The van der Waals surface area contributed by atoms with E-state index in [1.165, 1.54) is 0 Å². The van der Waals surface area contributed by atoms with Crippen molar-refractivity contribution in [3.63, 3.8) is 0 Å². The molecule has 1 amide bonds. The second-order valence-corrected chi connectivity index (χ2v) is 4.74. The molecule has 0 unspecified atom stereocenters. The molecule has 0 spiro atoms. The number of nitrogen functional groups attached to an aromatic ring is 1. The molecule has 2 rings (SSSR count). The van der Waals surface area contributed by atoms with E-state index in [0.29, 0.717) is 16.9 Å². The van der Waals surface area contributed by atoms with Crippen LogP contribution in [-0.4, -0.2) is 17.0 Å². The van der Waals surface area contributed by atoms with Crippen LogP contribution in [0.5, 0.6) is 0 Å². The van der Waals surface area contributed by atoms with Crippen molar-refractivity contribution in [2.24, 2.45) is 0 Å². The van der Waals surface area contributed by atoms with E-state index in [4.69, 9.17) is 10.8 Å². The van der Waals surface area contributed by atoms with Crippen LogP contribution in [0.3, 0.4) is 0 Å². The number of aliphatic carboxylic acids is 1. The van der Waals surface area contributed by atoms with Gasteiger partial charge in [-0.2, -0.15) is 0 Å². The van der Waals surface area contributed by atoms with Crippen LogP contribution in [0.1, 0.15) is 11.1 Å². The molecule has 0 aliphatic rings. The highest BCUT2D eigenvalue weighted by atomic mass is 16.4. The Balaban J connectivity index is 1.95. The van der Waals surface area contributed by atoms with Crippen molar-refractivity contribution < 1.29 is 14.7 Å². The molecule has 21 heavy (non-hydrogen) atoms. The van der Waals surface area contributed by atoms with E-state index < -0.39 is 5.97 Å². The summed E-state index contributed by atoms with van der Waals surface area (Å²) in [5.41, 5.74) is 8.46. The minimum absolute atomic E-state index is 0.0302. The lowest BCUT2D eigenvalue weighted by Crippen LogP contribution is -2.14. The summed E-state index contributed by atoms with van der Waals surface area (Å²) in [6, 6.07) is 13.9. The lowest BCUT2D eigenvalue weighted by Gasteiger charge is -2.06. The number of hydrogen-bond acceptors (Lipinski definition) is 3. The summed E-state index contributed by atoms with van der Waals surface area (Å²) in [5.74, 6) is -1.03. The molecule has 0 bridgehead atoms. The van der Waals surface area contributed by atoms with Crippen LogP contribution < -0.4 is 11.1 Å². The fraction of sp³-hybridized carbons (Fsp3) is 0.125. The van der Waals surface area contributed by atoms with Crippen LogP contribution in [0, 0.1) is 0 Å². The first-order valence-electron chi connectivity index (χ1n) is 6.48. The first kappa shape index (κ1) is 14.6.